The first-order valence-corrected chi connectivity index (χ1v) is 4.39. The van der Waals surface area contributed by atoms with Crippen LogP contribution >= 0.6 is 0 Å². The van der Waals surface area contributed by atoms with E-state index in [4.69, 9.17) is 14.3 Å². The molecule has 0 fully saturated rings. The third kappa shape index (κ3) is 1.90. The predicted molar refractivity (Wildman–Crippen MR) is 51.7 cm³/mol. The van der Waals surface area contributed by atoms with E-state index in [0.717, 1.165) is 0 Å². The van der Waals surface area contributed by atoms with E-state index in [1.54, 1.807) is 18.2 Å². The topological polar surface area (TPSA) is 72.6 Å². The van der Waals surface area contributed by atoms with E-state index in [1.807, 2.05) is 0 Å². The van der Waals surface area contributed by atoms with Gasteiger partial charge in [0.2, 0.25) is 0 Å². The number of hydrogen-bond donors (Lipinski definition) is 1. The van der Waals surface area contributed by atoms with Gasteiger partial charge in [-0.15, -0.1) is 0 Å². The number of carboxylic acids is 1. The van der Waals surface area contributed by atoms with Crippen molar-refractivity contribution < 1.29 is 19.1 Å². The number of aliphatic carboxylic acids is 1. The highest BCUT2D eigenvalue weighted by Crippen LogP contribution is 2.20. The summed E-state index contributed by atoms with van der Waals surface area (Å²) in [5.41, 5.74) is 1.29. The zero-order valence-corrected chi connectivity index (χ0v) is 8.01. The van der Waals surface area contributed by atoms with E-state index >= 15 is 0 Å². The van der Waals surface area contributed by atoms with Gasteiger partial charge in [-0.1, -0.05) is 0 Å². The van der Waals surface area contributed by atoms with Crippen LogP contribution in [0.2, 0.25) is 0 Å². The van der Waals surface area contributed by atoms with Crippen LogP contribution in [0.15, 0.2) is 29.0 Å². The van der Waals surface area contributed by atoms with Crippen LogP contribution in [0.3, 0.4) is 0 Å². The van der Waals surface area contributed by atoms with Crippen molar-refractivity contribution in [3.8, 4) is 5.75 Å². The molecule has 0 spiro atoms. The average Bonchev–Trinajstić information content (AvgIpc) is 2.64. The van der Waals surface area contributed by atoms with Gasteiger partial charge in [-0.2, -0.15) is 0 Å². The largest absolute Gasteiger partial charge is 0.479 e. The smallest absolute Gasteiger partial charge is 0.344 e. The maximum atomic E-state index is 10.6. The first kappa shape index (κ1) is 9.51. The van der Waals surface area contributed by atoms with Gasteiger partial charge >= 0.3 is 5.97 Å². The lowest BCUT2D eigenvalue weighted by Crippen LogP contribution is -2.22. The predicted octanol–water partition coefficient (Wildman–Crippen LogP) is 1.68. The summed E-state index contributed by atoms with van der Waals surface area (Å²) in [6.07, 6.45) is 0.448. The van der Waals surface area contributed by atoms with Gasteiger partial charge in [-0.25, -0.2) is 9.78 Å². The lowest BCUT2D eigenvalue weighted by atomic mass is 10.3. The fourth-order valence-corrected chi connectivity index (χ4v) is 1.17. The zero-order chi connectivity index (χ0) is 10.8. The van der Waals surface area contributed by atoms with Crippen LogP contribution in [-0.4, -0.2) is 22.2 Å². The van der Waals surface area contributed by atoms with E-state index in [1.165, 1.54) is 13.3 Å². The summed E-state index contributed by atoms with van der Waals surface area (Å²) >= 11 is 0. The van der Waals surface area contributed by atoms with Crippen molar-refractivity contribution in [2.75, 3.05) is 0 Å². The lowest BCUT2D eigenvalue weighted by Gasteiger charge is -2.09. The van der Waals surface area contributed by atoms with Crippen LogP contribution < -0.4 is 4.74 Å². The minimum atomic E-state index is -1.00. The van der Waals surface area contributed by atoms with Crippen molar-refractivity contribution in [1.82, 2.24) is 4.98 Å². The molecule has 15 heavy (non-hydrogen) atoms. The fourth-order valence-electron chi connectivity index (χ4n) is 1.17. The average molecular weight is 207 g/mol. The molecule has 1 N–H and O–H groups in total. The molecule has 1 aromatic heterocycles. The molecule has 5 nitrogen and oxygen atoms in total. The van der Waals surface area contributed by atoms with Crippen molar-refractivity contribution in [3.63, 3.8) is 0 Å². The third-order valence-electron chi connectivity index (χ3n) is 1.96. The van der Waals surface area contributed by atoms with Gasteiger partial charge in [0.1, 0.15) is 11.3 Å². The molecule has 1 unspecified atom stereocenters. The number of hydrogen-bond acceptors (Lipinski definition) is 4. The second-order valence-corrected chi connectivity index (χ2v) is 3.08. The Morgan fingerprint density at radius 3 is 3.13 bits per heavy atom. The Labute approximate surface area is 85.3 Å². The summed E-state index contributed by atoms with van der Waals surface area (Å²) in [6, 6.07) is 4.97. The number of rotatable bonds is 3. The molecule has 1 atom stereocenters. The molecule has 78 valence electrons. The highest BCUT2D eigenvalue weighted by atomic mass is 16.5. The van der Waals surface area contributed by atoms with Crippen molar-refractivity contribution in [1.29, 1.82) is 0 Å². The number of ether oxygens (including phenoxy) is 1. The first-order chi connectivity index (χ1) is 7.16. The summed E-state index contributed by atoms with van der Waals surface area (Å²) in [5.74, 6) is -0.540. The maximum Gasteiger partial charge on any atom is 0.344 e. The van der Waals surface area contributed by atoms with E-state index in [2.05, 4.69) is 4.98 Å². The molecule has 0 aliphatic heterocycles. The Kier molecular flexibility index (Phi) is 2.29. The van der Waals surface area contributed by atoms with E-state index in [9.17, 15) is 4.79 Å². The molecule has 1 aromatic carbocycles. The van der Waals surface area contributed by atoms with Crippen molar-refractivity contribution in [2.24, 2.45) is 0 Å². The first-order valence-electron chi connectivity index (χ1n) is 4.39. The fraction of sp³-hybridized carbons (Fsp3) is 0.200. The number of aromatic nitrogens is 1. The van der Waals surface area contributed by atoms with Gasteiger partial charge in [0.05, 0.1) is 0 Å². The van der Waals surface area contributed by atoms with Crippen LogP contribution in [0.4, 0.5) is 0 Å². The second-order valence-electron chi connectivity index (χ2n) is 3.08. The minimum absolute atomic E-state index is 0.464. The van der Waals surface area contributed by atoms with E-state index in [0.29, 0.717) is 16.8 Å². The summed E-state index contributed by atoms with van der Waals surface area (Å²) in [6.45, 7) is 1.47. The number of nitrogens with zero attached hydrogens (tertiary/aromatic N) is 1. The molecule has 0 radical (unpaired) electrons. The summed E-state index contributed by atoms with van der Waals surface area (Å²) in [4.78, 5) is 14.5. The molecule has 0 bridgehead atoms. The van der Waals surface area contributed by atoms with Gasteiger partial charge in [0, 0.05) is 6.07 Å². The molecule has 0 amide bonds. The van der Waals surface area contributed by atoms with Gasteiger partial charge < -0.3 is 14.3 Å². The van der Waals surface area contributed by atoms with Gasteiger partial charge in [0.25, 0.3) is 0 Å². The molecule has 1 heterocycles. The standard InChI is InChI=1S/C10H9NO4/c1-6(10(12)13)15-7-2-3-9-8(4-7)11-5-14-9/h2-6H,1H3,(H,12,13). The van der Waals surface area contributed by atoms with Crippen LogP contribution in [0.25, 0.3) is 11.1 Å². The van der Waals surface area contributed by atoms with Gasteiger partial charge in [0.15, 0.2) is 18.1 Å². The molecular weight excluding hydrogens is 198 g/mol. The quantitative estimate of drug-likeness (QED) is 0.828. The second kappa shape index (κ2) is 3.61. The summed E-state index contributed by atoms with van der Waals surface area (Å²) < 4.78 is 10.2. The highest BCUT2D eigenvalue weighted by Gasteiger charge is 2.12. The van der Waals surface area contributed by atoms with Crippen molar-refractivity contribution in [3.05, 3.63) is 24.6 Å². The molecule has 2 aromatic rings. The lowest BCUT2D eigenvalue weighted by molar-refractivity contribution is -0.144. The molecule has 0 saturated carbocycles. The molecule has 0 aliphatic carbocycles. The number of carboxylic acid groups (broad SMARTS) is 1. The SMILES string of the molecule is CC(Oc1ccc2ocnc2c1)C(=O)O. The molecular formula is C10H9NO4. The Morgan fingerprint density at radius 1 is 1.60 bits per heavy atom. The number of oxazole rings is 1. The normalized spacial score (nSPS) is 12.6. The monoisotopic (exact) mass is 207 g/mol. The molecule has 5 heteroatoms. The molecule has 2 rings (SSSR count). The Balaban J connectivity index is 2.24. The molecule has 0 aliphatic rings. The van der Waals surface area contributed by atoms with Crippen molar-refractivity contribution in [2.45, 2.75) is 13.0 Å². The van der Waals surface area contributed by atoms with E-state index < -0.39 is 12.1 Å². The summed E-state index contributed by atoms with van der Waals surface area (Å²) in [5, 5.41) is 8.66. The van der Waals surface area contributed by atoms with Crippen LogP contribution in [0.5, 0.6) is 5.75 Å². The summed E-state index contributed by atoms with van der Waals surface area (Å²) in [7, 11) is 0. The van der Waals surface area contributed by atoms with E-state index in [-0.39, 0.29) is 0 Å². The molecule has 0 saturated heterocycles. The number of fused-ring (bicyclic) bond motifs is 1. The highest BCUT2D eigenvalue weighted by molar-refractivity contribution is 5.75. The maximum absolute atomic E-state index is 10.6. The van der Waals surface area contributed by atoms with Crippen LogP contribution in [-0.2, 0) is 4.79 Å². The number of carbonyl (C=O) groups is 1. The zero-order valence-electron chi connectivity index (χ0n) is 8.01. The third-order valence-corrected chi connectivity index (χ3v) is 1.96. The Hall–Kier alpha value is -2.04. The minimum Gasteiger partial charge on any atom is -0.479 e. The number of benzene rings is 1. The van der Waals surface area contributed by atoms with Crippen molar-refractivity contribution >= 4 is 17.1 Å². The van der Waals surface area contributed by atoms with Gasteiger partial charge in [-0.3, -0.25) is 0 Å². The van der Waals surface area contributed by atoms with Crippen LogP contribution in [0, 0.1) is 0 Å². The Morgan fingerprint density at radius 2 is 2.40 bits per heavy atom. The Bertz CT molecular complexity index is 491. The van der Waals surface area contributed by atoms with Gasteiger partial charge in [-0.05, 0) is 19.1 Å². The van der Waals surface area contributed by atoms with Crippen LogP contribution in [0.1, 0.15) is 6.92 Å².